The molecule has 0 saturated carbocycles. The van der Waals surface area contributed by atoms with Crippen molar-refractivity contribution in [2.75, 3.05) is 26.7 Å². The molecule has 152 valence electrons. The third kappa shape index (κ3) is 7.08. The molecule has 0 fully saturated rings. The highest BCUT2D eigenvalue weighted by Crippen LogP contribution is 2.11. The molecule has 1 heterocycles. The fourth-order valence-electron chi connectivity index (χ4n) is 3.46. The zero-order valence-electron chi connectivity index (χ0n) is 17.9. The molecule has 0 aliphatic heterocycles. The van der Waals surface area contributed by atoms with Crippen LogP contribution < -0.4 is 0 Å². The van der Waals surface area contributed by atoms with Crippen molar-refractivity contribution in [3.8, 4) is 0 Å². The summed E-state index contributed by atoms with van der Waals surface area (Å²) in [5.41, 5.74) is 3.01. The summed E-state index contributed by atoms with van der Waals surface area (Å²) in [6, 6.07) is 14.9. The molecule has 1 aromatic heterocycles. The number of nitrogens with zero attached hydrogens (tertiary/aromatic N) is 3. The van der Waals surface area contributed by atoms with Crippen LogP contribution in [0.4, 0.5) is 0 Å². The Labute approximate surface area is 170 Å². The first kappa shape index (κ1) is 22.1. The van der Waals surface area contributed by atoms with E-state index in [2.05, 4.69) is 54.1 Å². The van der Waals surface area contributed by atoms with Crippen LogP contribution in [-0.4, -0.2) is 53.4 Å². The molecule has 4 nitrogen and oxygen atoms in total. The van der Waals surface area contributed by atoms with Crippen LogP contribution in [0, 0.1) is 6.92 Å². The highest BCUT2D eigenvalue weighted by molar-refractivity contribution is 5.93. The molecule has 0 saturated heterocycles. The van der Waals surface area contributed by atoms with Crippen LogP contribution in [0.2, 0.25) is 0 Å². The van der Waals surface area contributed by atoms with Gasteiger partial charge in [0.2, 0.25) is 0 Å². The second-order valence-corrected chi connectivity index (χ2v) is 7.62. The Morgan fingerprint density at radius 1 is 1.07 bits per heavy atom. The van der Waals surface area contributed by atoms with Gasteiger partial charge in [-0.15, -0.1) is 0 Å². The van der Waals surface area contributed by atoms with Gasteiger partial charge in [-0.25, -0.2) is 0 Å². The van der Waals surface area contributed by atoms with Crippen molar-refractivity contribution >= 4 is 5.91 Å². The van der Waals surface area contributed by atoms with Crippen LogP contribution in [-0.2, 0) is 6.42 Å². The molecule has 28 heavy (non-hydrogen) atoms. The summed E-state index contributed by atoms with van der Waals surface area (Å²) in [4.78, 5) is 21.1. The Morgan fingerprint density at radius 2 is 1.82 bits per heavy atom. The van der Waals surface area contributed by atoms with Crippen LogP contribution in [0.1, 0.15) is 54.7 Å². The smallest absolute Gasteiger partial charge is 0.255 e. The zero-order valence-corrected chi connectivity index (χ0v) is 17.9. The molecule has 2 aromatic rings. The quantitative estimate of drug-likeness (QED) is 0.534. The van der Waals surface area contributed by atoms with Crippen molar-refractivity contribution in [1.82, 2.24) is 14.8 Å². The normalized spacial score (nSPS) is 12.2. The van der Waals surface area contributed by atoms with Crippen molar-refractivity contribution in [3.05, 3.63) is 65.5 Å². The molecular weight excluding hydrogens is 346 g/mol. The van der Waals surface area contributed by atoms with Gasteiger partial charge in [-0.3, -0.25) is 9.78 Å². The standard InChI is InChI=1S/C24H35N3O/c1-5-27(17-10-9-13-22-11-7-6-8-12-22)21(3)16-18-26(4)24(28)23-15-14-20(2)25-19-23/h6-8,11-12,14-15,19,21H,5,9-10,13,16-18H2,1-4H3. The molecule has 4 heteroatoms. The Morgan fingerprint density at radius 3 is 2.46 bits per heavy atom. The zero-order chi connectivity index (χ0) is 20.4. The summed E-state index contributed by atoms with van der Waals surface area (Å²) in [6.45, 7) is 9.34. The number of hydrogen-bond acceptors (Lipinski definition) is 3. The van der Waals surface area contributed by atoms with Gasteiger partial charge in [0.1, 0.15) is 0 Å². The average molecular weight is 382 g/mol. The average Bonchev–Trinajstić information content (AvgIpc) is 2.72. The highest BCUT2D eigenvalue weighted by atomic mass is 16.2. The maximum atomic E-state index is 12.5. The highest BCUT2D eigenvalue weighted by Gasteiger charge is 2.16. The van der Waals surface area contributed by atoms with Crippen LogP contribution in [0.3, 0.4) is 0 Å². The predicted molar refractivity (Wildman–Crippen MR) is 117 cm³/mol. The van der Waals surface area contributed by atoms with E-state index < -0.39 is 0 Å². The lowest BCUT2D eigenvalue weighted by molar-refractivity contribution is 0.0778. The molecule has 0 radical (unpaired) electrons. The molecule has 0 aliphatic rings. The topological polar surface area (TPSA) is 36.4 Å². The summed E-state index contributed by atoms with van der Waals surface area (Å²) in [7, 11) is 1.88. The lowest BCUT2D eigenvalue weighted by atomic mass is 10.1. The molecule has 0 bridgehead atoms. The van der Waals surface area contributed by atoms with Crippen molar-refractivity contribution in [2.24, 2.45) is 0 Å². The van der Waals surface area contributed by atoms with Gasteiger partial charge < -0.3 is 9.80 Å². The van der Waals surface area contributed by atoms with Gasteiger partial charge in [0.15, 0.2) is 0 Å². The second-order valence-electron chi connectivity index (χ2n) is 7.62. The number of unbranched alkanes of at least 4 members (excludes halogenated alkanes) is 1. The number of pyridine rings is 1. The molecule has 1 atom stereocenters. The van der Waals surface area contributed by atoms with Crippen LogP contribution in [0.15, 0.2) is 48.7 Å². The fourth-order valence-corrected chi connectivity index (χ4v) is 3.46. The predicted octanol–water partition coefficient (Wildman–Crippen LogP) is 4.59. The minimum Gasteiger partial charge on any atom is -0.342 e. The Bertz CT molecular complexity index is 700. The number of benzene rings is 1. The number of amides is 1. The van der Waals surface area contributed by atoms with E-state index in [-0.39, 0.29) is 5.91 Å². The first-order valence-corrected chi connectivity index (χ1v) is 10.5. The van der Waals surface area contributed by atoms with E-state index in [1.165, 1.54) is 18.4 Å². The summed E-state index contributed by atoms with van der Waals surface area (Å²) in [5.74, 6) is 0.0469. The minimum absolute atomic E-state index is 0.0469. The number of aryl methyl sites for hydroxylation is 2. The van der Waals surface area contributed by atoms with Gasteiger partial charge in [-0.2, -0.15) is 0 Å². The van der Waals surface area contributed by atoms with Crippen molar-refractivity contribution in [2.45, 2.75) is 52.5 Å². The molecule has 2 rings (SSSR count). The second kappa shape index (κ2) is 11.6. The van der Waals surface area contributed by atoms with Crippen molar-refractivity contribution < 1.29 is 4.79 Å². The van der Waals surface area contributed by atoms with Crippen LogP contribution in [0.5, 0.6) is 0 Å². The van der Waals surface area contributed by atoms with E-state index in [9.17, 15) is 4.79 Å². The Hall–Kier alpha value is -2.20. The molecule has 1 amide bonds. The molecule has 0 aliphatic carbocycles. The first-order chi connectivity index (χ1) is 13.5. The van der Waals surface area contributed by atoms with E-state index in [0.29, 0.717) is 11.6 Å². The van der Waals surface area contributed by atoms with E-state index >= 15 is 0 Å². The first-order valence-electron chi connectivity index (χ1n) is 10.5. The Balaban J connectivity index is 1.72. The van der Waals surface area contributed by atoms with Crippen molar-refractivity contribution in [1.29, 1.82) is 0 Å². The number of carbonyl (C=O) groups excluding carboxylic acids is 1. The van der Waals surface area contributed by atoms with E-state index in [1.807, 2.05) is 31.0 Å². The van der Waals surface area contributed by atoms with Gasteiger partial charge >= 0.3 is 0 Å². The molecule has 0 spiro atoms. The van der Waals surface area contributed by atoms with Crippen LogP contribution in [0.25, 0.3) is 0 Å². The minimum atomic E-state index is 0.0469. The maximum Gasteiger partial charge on any atom is 0.255 e. The number of hydrogen-bond donors (Lipinski definition) is 0. The van der Waals surface area contributed by atoms with E-state index in [4.69, 9.17) is 0 Å². The van der Waals surface area contributed by atoms with E-state index in [0.717, 1.165) is 38.2 Å². The van der Waals surface area contributed by atoms with Crippen molar-refractivity contribution in [3.63, 3.8) is 0 Å². The lowest BCUT2D eigenvalue weighted by Gasteiger charge is -2.29. The number of carbonyl (C=O) groups is 1. The van der Waals surface area contributed by atoms with Gasteiger partial charge in [0.25, 0.3) is 5.91 Å². The maximum absolute atomic E-state index is 12.5. The van der Waals surface area contributed by atoms with Gasteiger partial charge in [-0.05, 0) is 70.3 Å². The largest absolute Gasteiger partial charge is 0.342 e. The van der Waals surface area contributed by atoms with Gasteiger partial charge in [0, 0.05) is 31.5 Å². The monoisotopic (exact) mass is 381 g/mol. The summed E-state index contributed by atoms with van der Waals surface area (Å²) in [6.07, 6.45) is 6.22. The molecule has 0 N–H and O–H groups in total. The molecule has 1 aromatic carbocycles. The summed E-state index contributed by atoms with van der Waals surface area (Å²) < 4.78 is 0. The lowest BCUT2D eigenvalue weighted by Crippen LogP contribution is -2.37. The molecular formula is C24H35N3O. The van der Waals surface area contributed by atoms with Crippen LogP contribution >= 0.6 is 0 Å². The molecule has 1 unspecified atom stereocenters. The third-order valence-corrected chi connectivity index (χ3v) is 5.42. The fraction of sp³-hybridized carbons (Fsp3) is 0.500. The van der Waals surface area contributed by atoms with Gasteiger partial charge in [-0.1, -0.05) is 37.3 Å². The number of rotatable bonds is 11. The Kier molecular flexibility index (Phi) is 9.15. The van der Waals surface area contributed by atoms with Gasteiger partial charge in [0.05, 0.1) is 5.56 Å². The summed E-state index contributed by atoms with van der Waals surface area (Å²) >= 11 is 0. The van der Waals surface area contributed by atoms with E-state index in [1.54, 1.807) is 6.20 Å². The SMILES string of the molecule is CCN(CCCCc1ccccc1)C(C)CCN(C)C(=O)c1ccc(C)nc1. The third-order valence-electron chi connectivity index (χ3n) is 5.42. The number of aromatic nitrogens is 1. The summed E-state index contributed by atoms with van der Waals surface area (Å²) in [5, 5.41) is 0.